The van der Waals surface area contributed by atoms with Crippen molar-refractivity contribution < 1.29 is 9.53 Å². The monoisotopic (exact) mass is 302 g/mol. The van der Waals surface area contributed by atoms with Gasteiger partial charge in [0.15, 0.2) is 0 Å². The molecule has 2 saturated heterocycles. The van der Waals surface area contributed by atoms with Crippen LogP contribution in [0.2, 0.25) is 0 Å². The third-order valence-electron chi connectivity index (χ3n) is 4.80. The van der Waals surface area contributed by atoms with Crippen molar-refractivity contribution in [1.82, 2.24) is 10.2 Å². The van der Waals surface area contributed by atoms with Crippen molar-refractivity contribution in [3.8, 4) is 0 Å². The van der Waals surface area contributed by atoms with Gasteiger partial charge in [0.25, 0.3) is 5.91 Å². The predicted octanol–water partition coefficient (Wildman–Crippen LogP) is 2.31. The van der Waals surface area contributed by atoms with Gasteiger partial charge in [0.1, 0.15) is 0 Å². The van der Waals surface area contributed by atoms with E-state index in [0.717, 1.165) is 38.4 Å². The second-order valence-electron chi connectivity index (χ2n) is 6.45. The molecule has 1 aromatic rings. The van der Waals surface area contributed by atoms with Crippen molar-refractivity contribution in [3.05, 3.63) is 35.9 Å². The molecule has 2 aliphatic rings. The summed E-state index contributed by atoms with van der Waals surface area (Å²) in [5.41, 5.74) is 0.744. The lowest BCUT2D eigenvalue weighted by Crippen LogP contribution is -2.48. The highest BCUT2D eigenvalue weighted by molar-refractivity contribution is 5.94. The zero-order valence-corrected chi connectivity index (χ0v) is 13.2. The first kappa shape index (κ1) is 15.5. The highest BCUT2D eigenvalue weighted by Crippen LogP contribution is 2.21. The van der Waals surface area contributed by atoms with Crippen molar-refractivity contribution in [3.63, 3.8) is 0 Å². The van der Waals surface area contributed by atoms with Gasteiger partial charge in [-0.25, -0.2) is 0 Å². The standard InChI is InChI=1S/C18H26N2O2/c21-18(16-6-2-1-3-7-16)19-12-17-8-4-5-10-20(17)13-15-9-11-22-14-15/h1-3,6-7,15,17H,4-5,8-14H2,(H,19,21). The Morgan fingerprint density at radius 3 is 2.86 bits per heavy atom. The molecule has 1 N–H and O–H groups in total. The van der Waals surface area contributed by atoms with E-state index in [4.69, 9.17) is 4.74 Å². The Hall–Kier alpha value is -1.39. The summed E-state index contributed by atoms with van der Waals surface area (Å²) in [5.74, 6) is 0.709. The molecule has 2 aliphatic heterocycles. The average molecular weight is 302 g/mol. The van der Waals surface area contributed by atoms with Crippen LogP contribution in [0.5, 0.6) is 0 Å². The smallest absolute Gasteiger partial charge is 0.251 e. The van der Waals surface area contributed by atoms with Crippen molar-refractivity contribution in [2.24, 2.45) is 5.92 Å². The molecule has 1 aromatic carbocycles. The van der Waals surface area contributed by atoms with Crippen molar-refractivity contribution >= 4 is 5.91 Å². The summed E-state index contributed by atoms with van der Waals surface area (Å²) in [5, 5.41) is 3.11. The number of carbonyl (C=O) groups is 1. The van der Waals surface area contributed by atoms with E-state index < -0.39 is 0 Å². The second kappa shape index (κ2) is 7.75. The van der Waals surface area contributed by atoms with E-state index in [-0.39, 0.29) is 5.91 Å². The Labute approximate surface area is 132 Å². The minimum Gasteiger partial charge on any atom is -0.381 e. The minimum atomic E-state index is 0.0373. The summed E-state index contributed by atoms with van der Waals surface area (Å²) in [4.78, 5) is 14.8. The molecule has 1 amide bonds. The first-order valence-corrected chi connectivity index (χ1v) is 8.48. The van der Waals surface area contributed by atoms with Crippen LogP contribution in [0, 0.1) is 5.92 Å². The van der Waals surface area contributed by atoms with Gasteiger partial charge in [-0.2, -0.15) is 0 Å². The maximum Gasteiger partial charge on any atom is 0.251 e. The van der Waals surface area contributed by atoms with Gasteiger partial charge >= 0.3 is 0 Å². The van der Waals surface area contributed by atoms with Gasteiger partial charge in [-0.05, 0) is 43.9 Å². The Kier molecular flexibility index (Phi) is 5.46. The molecule has 2 fully saturated rings. The van der Waals surface area contributed by atoms with E-state index in [1.54, 1.807) is 0 Å². The lowest BCUT2D eigenvalue weighted by molar-refractivity contribution is 0.0884. The number of hydrogen-bond donors (Lipinski definition) is 1. The Morgan fingerprint density at radius 2 is 2.09 bits per heavy atom. The molecule has 0 saturated carbocycles. The van der Waals surface area contributed by atoms with Gasteiger partial charge in [0.2, 0.25) is 0 Å². The fourth-order valence-corrected chi connectivity index (χ4v) is 3.49. The summed E-state index contributed by atoms with van der Waals surface area (Å²) < 4.78 is 5.49. The highest BCUT2D eigenvalue weighted by atomic mass is 16.5. The van der Waals surface area contributed by atoms with Crippen LogP contribution in [-0.4, -0.2) is 49.7 Å². The molecule has 2 heterocycles. The molecule has 22 heavy (non-hydrogen) atoms. The number of ether oxygens (including phenoxy) is 1. The summed E-state index contributed by atoms with van der Waals surface area (Å²) in [6.07, 6.45) is 4.91. The number of rotatable bonds is 5. The zero-order chi connectivity index (χ0) is 15.2. The number of nitrogens with zero attached hydrogens (tertiary/aromatic N) is 1. The maximum absolute atomic E-state index is 12.2. The fourth-order valence-electron chi connectivity index (χ4n) is 3.49. The van der Waals surface area contributed by atoms with E-state index in [0.29, 0.717) is 12.0 Å². The lowest BCUT2D eigenvalue weighted by Gasteiger charge is -2.37. The molecule has 4 nitrogen and oxygen atoms in total. The fraction of sp³-hybridized carbons (Fsp3) is 0.611. The van der Waals surface area contributed by atoms with Crippen LogP contribution >= 0.6 is 0 Å². The van der Waals surface area contributed by atoms with Crippen molar-refractivity contribution in [2.75, 3.05) is 32.8 Å². The van der Waals surface area contributed by atoms with Crippen LogP contribution in [0.25, 0.3) is 0 Å². The maximum atomic E-state index is 12.2. The Balaban J connectivity index is 1.51. The normalized spacial score (nSPS) is 26.0. The van der Waals surface area contributed by atoms with Crippen LogP contribution < -0.4 is 5.32 Å². The summed E-state index contributed by atoms with van der Waals surface area (Å²) >= 11 is 0. The molecule has 0 bridgehead atoms. The first-order chi connectivity index (χ1) is 10.8. The van der Waals surface area contributed by atoms with E-state index in [9.17, 15) is 4.79 Å². The number of piperidine rings is 1. The molecule has 0 aromatic heterocycles. The molecule has 2 atom stereocenters. The predicted molar refractivity (Wildman–Crippen MR) is 86.9 cm³/mol. The topological polar surface area (TPSA) is 41.6 Å². The summed E-state index contributed by atoms with van der Waals surface area (Å²) in [7, 11) is 0. The molecular formula is C18H26N2O2. The number of nitrogens with one attached hydrogen (secondary N) is 1. The Morgan fingerprint density at radius 1 is 1.23 bits per heavy atom. The lowest BCUT2D eigenvalue weighted by atomic mass is 9.99. The number of likely N-dealkylation sites (tertiary alicyclic amines) is 1. The number of benzene rings is 1. The molecule has 4 heteroatoms. The van der Waals surface area contributed by atoms with Gasteiger partial charge in [-0.15, -0.1) is 0 Å². The molecule has 2 unspecified atom stereocenters. The third kappa shape index (κ3) is 4.08. The first-order valence-electron chi connectivity index (χ1n) is 8.48. The Bertz CT molecular complexity index is 471. The van der Waals surface area contributed by atoms with Crippen LogP contribution in [-0.2, 0) is 4.74 Å². The van der Waals surface area contributed by atoms with Crippen LogP contribution in [0.15, 0.2) is 30.3 Å². The second-order valence-corrected chi connectivity index (χ2v) is 6.45. The van der Waals surface area contributed by atoms with Crippen LogP contribution in [0.4, 0.5) is 0 Å². The number of hydrogen-bond acceptors (Lipinski definition) is 3. The number of amides is 1. The van der Waals surface area contributed by atoms with Crippen LogP contribution in [0.3, 0.4) is 0 Å². The van der Waals surface area contributed by atoms with Gasteiger partial charge < -0.3 is 10.1 Å². The summed E-state index contributed by atoms with van der Waals surface area (Å²) in [6, 6.07) is 9.95. The van der Waals surface area contributed by atoms with Gasteiger partial charge in [0, 0.05) is 31.3 Å². The molecule has 0 spiro atoms. The van der Waals surface area contributed by atoms with E-state index >= 15 is 0 Å². The minimum absolute atomic E-state index is 0.0373. The quantitative estimate of drug-likeness (QED) is 0.907. The molecule has 120 valence electrons. The SMILES string of the molecule is O=C(NCC1CCCCN1CC1CCOC1)c1ccccc1. The van der Waals surface area contributed by atoms with Crippen molar-refractivity contribution in [1.29, 1.82) is 0 Å². The van der Waals surface area contributed by atoms with Gasteiger partial charge in [-0.1, -0.05) is 24.6 Å². The average Bonchev–Trinajstić information content (AvgIpc) is 3.07. The van der Waals surface area contributed by atoms with Gasteiger partial charge in [0.05, 0.1) is 6.61 Å². The van der Waals surface area contributed by atoms with Gasteiger partial charge in [-0.3, -0.25) is 9.69 Å². The zero-order valence-electron chi connectivity index (χ0n) is 13.2. The highest BCUT2D eigenvalue weighted by Gasteiger charge is 2.27. The third-order valence-corrected chi connectivity index (χ3v) is 4.80. The van der Waals surface area contributed by atoms with Crippen LogP contribution in [0.1, 0.15) is 36.0 Å². The molecule has 0 aliphatic carbocycles. The molecule has 0 radical (unpaired) electrons. The number of carbonyl (C=O) groups excluding carboxylic acids is 1. The summed E-state index contributed by atoms with van der Waals surface area (Å²) in [6.45, 7) is 4.84. The molecular weight excluding hydrogens is 276 g/mol. The largest absolute Gasteiger partial charge is 0.381 e. The van der Waals surface area contributed by atoms with E-state index in [1.807, 2.05) is 30.3 Å². The van der Waals surface area contributed by atoms with E-state index in [1.165, 1.54) is 25.7 Å². The van der Waals surface area contributed by atoms with E-state index in [2.05, 4.69) is 10.2 Å². The van der Waals surface area contributed by atoms with Crippen molar-refractivity contribution in [2.45, 2.75) is 31.7 Å². The molecule has 3 rings (SSSR count).